The summed E-state index contributed by atoms with van der Waals surface area (Å²) in [6.07, 6.45) is 2.65. The number of benzene rings is 1. The monoisotopic (exact) mass is 401 g/mol. The number of carbonyl (C=O) groups excluding carboxylic acids is 1. The summed E-state index contributed by atoms with van der Waals surface area (Å²) in [5.41, 5.74) is 2.52. The van der Waals surface area contributed by atoms with Crippen LogP contribution in [0.3, 0.4) is 0 Å². The number of rotatable bonds is 3. The van der Waals surface area contributed by atoms with Crippen molar-refractivity contribution in [3.8, 4) is 0 Å². The van der Waals surface area contributed by atoms with Gasteiger partial charge in [0.05, 0.1) is 26.4 Å². The van der Waals surface area contributed by atoms with Gasteiger partial charge in [-0.25, -0.2) is 18.4 Å². The number of nitrogens with one attached hydrogen (secondary N) is 1. The van der Waals surface area contributed by atoms with E-state index >= 15 is 0 Å². The number of aromatic nitrogens is 4. The van der Waals surface area contributed by atoms with Crippen molar-refractivity contribution in [2.45, 2.75) is 11.8 Å². The average molecular weight is 401 g/mol. The summed E-state index contributed by atoms with van der Waals surface area (Å²) in [6.45, 7) is 1.86. The highest BCUT2D eigenvalue weighted by atomic mass is 32.2. The first-order chi connectivity index (χ1) is 12.7. The van der Waals surface area contributed by atoms with E-state index in [4.69, 9.17) is 0 Å². The van der Waals surface area contributed by atoms with Gasteiger partial charge in [-0.2, -0.15) is 5.10 Å². The number of pyridine rings is 1. The van der Waals surface area contributed by atoms with Crippen molar-refractivity contribution in [3.63, 3.8) is 0 Å². The fourth-order valence-corrected chi connectivity index (χ4v) is 4.41. The van der Waals surface area contributed by atoms with Gasteiger partial charge in [-0.1, -0.05) is 11.3 Å². The Kier molecular flexibility index (Phi) is 3.97. The van der Waals surface area contributed by atoms with Gasteiger partial charge in [0.1, 0.15) is 0 Å². The standard InChI is InChI=1S/C17H15N5O3S2/c1-9-12-6-10(8-18-15(12)22(2)21-9)16(23)20-17-19-13-5-4-11(27(3,24)25)7-14(13)26-17/h4-8H,1-3H3,(H,19,20,23). The van der Waals surface area contributed by atoms with Crippen LogP contribution < -0.4 is 5.32 Å². The van der Waals surface area contributed by atoms with E-state index in [1.807, 2.05) is 6.92 Å². The molecule has 0 atom stereocenters. The second kappa shape index (κ2) is 6.10. The van der Waals surface area contributed by atoms with E-state index in [2.05, 4.69) is 20.4 Å². The number of sulfone groups is 1. The number of amides is 1. The van der Waals surface area contributed by atoms with Crippen LogP contribution in [0, 0.1) is 6.92 Å². The fraction of sp³-hybridized carbons (Fsp3) is 0.176. The molecule has 0 unspecified atom stereocenters. The minimum Gasteiger partial charge on any atom is -0.298 e. The van der Waals surface area contributed by atoms with Crippen LogP contribution in [0.5, 0.6) is 0 Å². The third-order valence-corrected chi connectivity index (χ3v) is 6.18. The lowest BCUT2D eigenvalue weighted by molar-refractivity contribution is 0.102. The van der Waals surface area contributed by atoms with Crippen molar-refractivity contribution in [2.75, 3.05) is 11.6 Å². The van der Waals surface area contributed by atoms with Gasteiger partial charge < -0.3 is 0 Å². The van der Waals surface area contributed by atoms with E-state index < -0.39 is 9.84 Å². The van der Waals surface area contributed by atoms with E-state index in [9.17, 15) is 13.2 Å². The normalized spacial score (nSPS) is 12.0. The lowest BCUT2D eigenvalue weighted by atomic mass is 10.2. The first-order valence-corrected chi connectivity index (χ1v) is 10.6. The summed E-state index contributed by atoms with van der Waals surface area (Å²) < 4.78 is 25.7. The van der Waals surface area contributed by atoms with E-state index in [0.29, 0.717) is 26.6 Å². The molecule has 3 aromatic heterocycles. The van der Waals surface area contributed by atoms with E-state index in [0.717, 1.165) is 17.3 Å². The first kappa shape index (κ1) is 17.6. The molecule has 0 bridgehead atoms. The Hall–Kier alpha value is -2.85. The van der Waals surface area contributed by atoms with Crippen LogP contribution in [0.25, 0.3) is 21.3 Å². The Morgan fingerprint density at radius 3 is 2.78 bits per heavy atom. The smallest absolute Gasteiger partial charge is 0.259 e. The number of anilines is 1. The maximum absolute atomic E-state index is 12.6. The van der Waals surface area contributed by atoms with Gasteiger partial charge in [-0.05, 0) is 31.2 Å². The number of hydrogen-bond donors (Lipinski definition) is 1. The Labute approximate surface area is 158 Å². The Morgan fingerprint density at radius 1 is 1.26 bits per heavy atom. The summed E-state index contributed by atoms with van der Waals surface area (Å²) >= 11 is 1.22. The van der Waals surface area contributed by atoms with Crippen LogP contribution in [0.15, 0.2) is 35.4 Å². The van der Waals surface area contributed by atoms with Crippen molar-refractivity contribution in [1.82, 2.24) is 19.7 Å². The lowest BCUT2D eigenvalue weighted by Gasteiger charge is -2.01. The Balaban J connectivity index is 1.65. The lowest BCUT2D eigenvalue weighted by Crippen LogP contribution is -2.12. The van der Waals surface area contributed by atoms with Crippen LogP contribution in [0.2, 0.25) is 0 Å². The third kappa shape index (κ3) is 3.17. The second-order valence-corrected chi connectivity index (χ2v) is 9.23. The average Bonchev–Trinajstić information content (AvgIpc) is 3.13. The van der Waals surface area contributed by atoms with Gasteiger partial charge in [0.2, 0.25) is 0 Å². The van der Waals surface area contributed by atoms with E-state index in [1.165, 1.54) is 23.6 Å². The van der Waals surface area contributed by atoms with Gasteiger partial charge in [0, 0.05) is 24.9 Å². The molecule has 4 rings (SSSR count). The van der Waals surface area contributed by atoms with Crippen molar-refractivity contribution < 1.29 is 13.2 Å². The highest BCUT2D eigenvalue weighted by Crippen LogP contribution is 2.28. The van der Waals surface area contributed by atoms with E-state index in [-0.39, 0.29) is 10.8 Å². The van der Waals surface area contributed by atoms with Gasteiger partial charge >= 0.3 is 0 Å². The summed E-state index contributed by atoms with van der Waals surface area (Å²) in [4.78, 5) is 21.4. The zero-order valence-electron chi connectivity index (χ0n) is 14.7. The minimum absolute atomic E-state index is 0.221. The zero-order valence-corrected chi connectivity index (χ0v) is 16.3. The molecule has 0 saturated carbocycles. The SMILES string of the molecule is Cc1nn(C)c2ncc(C(=O)Nc3nc4ccc(S(C)(=O)=O)cc4s3)cc12. The number of thiazole rings is 1. The summed E-state index contributed by atoms with van der Waals surface area (Å²) in [5, 5.41) is 8.25. The molecule has 27 heavy (non-hydrogen) atoms. The molecular formula is C17H15N5O3S2. The van der Waals surface area contributed by atoms with Crippen LogP contribution in [-0.4, -0.2) is 40.3 Å². The first-order valence-electron chi connectivity index (χ1n) is 7.94. The Morgan fingerprint density at radius 2 is 2.04 bits per heavy atom. The molecule has 1 N–H and O–H groups in total. The summed E-state index contributed by atoms with van der Waals surface area (Å²) in [6, 6.07) is 6.44. The molecule has 0 aliphatic carbocycles. The fourth-order valence-electron chi connectivity index (χ4n) is 2.79. The third-order valence-electron chi connectivity index (χ3n) is 4.13. The molecule has 138 valence electrons. The molecule has 0 fully saturated rings. The molecule has 10 heteroatoms. The van der Waals surface area contributed by atoms with Crippen LogP contribution in [0.4, 0.5) is 5.13 Å². The maximum Gasteiger partial charge on any atom is 0.259 e. The van der Waals surface area contributed by atoms with Crippen molar-refractivity contribution in [2.24, 2.45) is 7.05 Å². The highest BCUT2D eigenvalue weighted by Gasteiger charge is 2.15. The van der Waals surface area contributed by atoms with Crippen LogP contribution in [-0.2, 0) is 16.9 Å². The van der Waals surface area contributed by atoms with Crippen molar-refractivity contribution in [1.29, 1.82) is 0 Å². The summed E-state index contributed by atoms with van der Waals surface area (Å²) in [5.74, 6) is -0.338. The molecular weight excluding hydrogens is 386 g/mol. The molecule has 0 aliphatic rings. The quantitative estimate of drug-likeness (QED) is 0.565. The van der Waals surface area contributed by atoms with Crippen molar-refractivity contribution in [3.05, 3.63) is 41.7 Å². The molecule has 0 saturated heterocycles. The van der Waals surface area contributed by atoms with Gasteiger partial charge in [0.25, 0.3) is 5.91 Å². The topological polar surface area (TPSA) is 107 Å². The van der Waals surface area contributed by atoms with Gasteiger partial charge in [-0.15, -0.1) is 0 Å². The van der Waals surface area contributed by atoms with Gasteiger partial charge in [-0.3, -0.25) is 14.8 Å². The molecule has 4 aromatic rings. The minimum atomic E-state index is -3.30. The van der Waals surface area contributed by atoms with Crippen LogP contribution >= 0.6 is 11.3 Å². The molecule has 0 aliphatic heterocycles. The maximum atomic E-state index is 12.6. The molecule has 1 aromatic carbocycles. The van der Waals surface area contributed by atoms with Crippen molar-refractivity contribution >= 4 is 53.5 Å². The molecule has 8 nitrogen and oxygen atoms in total. The predicted molar refractivity (Wildman–Crippen MR) is 104 cm³/mol. The molecule has 0 radical (unpaired) electrons. The zero-order chi connectivity index (χ0) is 19.3. The summed E-state index contributed by atoms with van der Waals surface area (Å²) in [7, 11) is -1.50. The highest BCUT2D eigenvalue weighted by molar-refractivity contribution is 7.90. The number of aryl methyl sites for hydroxylation is 2. The van der Waals surface area contributed by atoms with Gasteiger partial charge in [0.15, 0.2) is 20.6 Å². The van der Waals surface area contributed by atoms with E-state index in [1.54, 1.807) is 29.9 Å². The second-order valence-electron chi connectivity index (χ2n) is 6.18. The number of fused-ring (bicyclic) bond motifs is 2. The number of hydrogen-bond acceptors (Lipinski definition) is 7. The predicted octanol–water partition coefficient (Wildman–Crippen LogP) is 2.54. The number of nitrogens with zero attached hydrogens (tertiary/aromatic N) is 4. The molecule has 0 spiro atoms. The Bertz CT molecular complexity index is 1320. The van der Waals surface area contributed by atoms with Crippen LogP contribution in [0.1, 0.15) is 16.1 Å². The molecule has 3 heterocycles. The largest absolute Gasteiger partial charge is 0.298 e. The number of carbonyl (C=O) groups is 1. The molecule has 1 amide bonds.